The predicted molar refractivity (Wildman–Crippen MR) is 74.8 cm³/mol. The van der Waals surface area contributed by atoms with Gasteiger partial charge in [0, 0.05) is 24.2 Å². The van der Waals surface area contributed by atoms with Gasteiger partial charge in [-0.2, -0.15) is 0 Å². The van der Waals surface area contributed by atoms with Crippen LogP contribution in [0, 0.1) is 0 Å². The summed E-state index contributed by atoms with van der Waals surface area (Å²) in [5.74, 6) is -0.920. The van der Waals surface area contributed by atoms with Gasteiger partial charge in [0.1, 0.15) is 0 Å². The molecule has 3 rings (SSSR count). The van der Waals surface area contributed by atoms with Gasteiger partial charge < -0.3 is 9.51 Å². The van der Waals surface area contributed by atoms with Crippen LogP contribution in [-0.2, 0) is 11.2 Å². The number of hydrogen-bond donors (Lipinski definition) is 1. The van der Waals surface area contributed by atoms with E-state index in [1.807, 2.05) is 6.07 Å². The molecule has 0 atom stereocenters. The summed E-state index contributed by atoms with van der Waals surface area (Å²) in [6.45, 7) is 0. The Morgan fingerprint density at radius 1 is 1.35 bits per heavy atom. The van der Waals surface area contributed by atoms with Crippen molar-refractivity contribution in [2.75, 3.05) is 0 Å². The summed E-state index contributed by atoms with van der Waals surface area (Å²) in [6.07, 6.45) is 4.93. The first-order valence-corrected chi connectivity index (χ1v) is 6.32. The fourth-order valence-electron chi connectivity index (χ4n) is 2.13. The number of carboxylic acid groups (broad SMARTS) is 1. The summed E-state index contributed by atoms with van der Waals surface area (Å²) in [7, 11) is 0. The molecule has 0 spiro atoms. The lowest BCUT2D eigenvalue weighted by atomic mass is 10.1. The second-order valence-corrected chi connectivity index (χ2v) is 4.68. The Kier molecular flexibility index (Phi) is 3.12. The fourth-order valence-corrected chi connectivity index (χ4v) is 2.34. The van der Waals surface area contributed by atoms with E-state index < -0.39 is 5.97 Å². The molecule has 5 nitrogen and oxygen atoms in total. The van der Waals surface area contributed by atoms with Crippen LogP contribution in [0.4, 0.5) is 0 Å². The molecule has 0 aliphatic rings. The van der Waals surface area contributed by atoms with Gasteiger partial charge >= 0.3 is 5.97 Å². The van der Waals surface area contributed by atoms with Crippen molar-refractivity contribution in [2.45, 2.75) is 6.42 Å². The molecule has 0 fully saturated rings. The summed E-state index contributed by atoms with van der Waals surface area (Å²) >= 11 is 6.12. The molecule has 3 aromatic rings. The summed E-state index contributed by atoms with van der Waals surface area (Å²) in [5, 5.41) is 9.58. The summed E-state index contributed by atoms with van der Waals surface area (Å²) in [6, 6.07) is 7.11. The molecule has 0 saturated carbocycles. The Bertz CT molecular complexity index is 784. The average molecular weight is 288 g/mol. The van der Waals surface area contributed by atoms with Gasteiger partial charge in [-0.05, 0) is 24.3 Å². The summed E-state index contributed by atoms with van der Waals surface area (Å²) < 4.78 is 1.71. The van der Waals surface area contributed by atoms with Crippen LogP contribution in [0.5, 0.6) is 0 Å². The number of halogens is 1. The highest BCUT2D eigenvalue weighted by molar-refractivity contribution is 6.33. The second-order valence-electron chi connectivity index (χ2n) is 4.27. The third-order valence-corrected chi connectivity index (χ3v) is 3.25. The highest BCUT2D eigenvalue weighted by Crippen LogP contribution is 2.27. The lowest BCUT2D eigenvalue weighted by molar-refractivity contribution is -0.136. The van der Waals surface area contributed by atoms with Crippen LogP contribution >= 0.6 is 11.6 Å². The molecular weight excluding hydrogens is 278 g/mol. The molecule has 100 valence electrons. The number of hydrogen-bond acceptors (Lipinski definition) is 3. The van der Waals surface area contributed by atoms with Crippen LogP contribution in [0.1, 0.15) is 5.69 Å². The van der Waals surface area contributed by atoms with E-state index in [0.29, 0.717) is 22.1 Å². The molecule has 0 radical (unpaired) electrons. The van der Waals surface area contributed by atoms with E-state index in [-0.39, 0.29) is 6.42 Å². The number of rotatable bonds is 3. The second kappa shape index (κ2) is 4.94. The van der Waals surface area contributed by atoms with Gasteiger partial charge in [0.05, 0.1) is 22.8 Å². The van der Waals surface area contributed by atoms with Crippen LogP contribution in [0.15, 0.2) is 42.9 Å². The van der Waals surface area contributed by atoms with E-state index in [9.17, 15) is 4.79 Å². The zero-order valence-electron chi connectivity index (χ0n) is 10.3. The van der Waals surface area contributed by atoms with E-state index >= 15 is 0 Å². The molecule has 0 aliphatic heterocycles. The first-order chi connectivity index (χ1) is 9.66. The Morgan fingerprint density at radius 3 is 2.90 bits per heavy atom. The van der Waals surface area contributed by atoms with Crippen molar-refractivity contribution in [2.24, 2.45) is 0 Å². The van der Waals surface area contributed by atoms with Crippen molar-refractivity contribution in [3.05, 3.63) is 53.6 Å². The minimum Gasteiger partial charge on any atom is -0.481 e. The van der Waals surface area contributed by atoms with Crippen molar-refractivity contribution in [3.8, 4) is 11.3 Å². The van der Waals surface area contributed by atoms with Crippen LogP contribution in [0.3, 0.4) is 0 Å². The highest BCUT2D eigenvalue weighted by atomic mass is 35.5. The standard InChI is InChI=1S/C14H10ClN3O2/c15-10-4-2-6-18-11(7-12(19)20)13(17-14(10)18)9-3-1-5-16-8-9/h1-6,8H,7H2,(H,19,20). The molecule has 0 bridgehead atoms. The molecule has 3 aromatic heterocycles. The average Bonchev–Trinajstić information content (AvgIpc) is 2.80. The zero-order valence-corrected chi connectivity index (χ0v) is 11.1. The van der Waals surface area contributed by atoms with Crippen LogP contribution in [0.25, 0.3) is 16.9 Å². The number of carboxylic acids is 1. The predicted octanol–water partition coefficient (Wildman–Crippen LogP) is 2.68. The molecule has 0 aromatic carbocycles. The molecule has 6 heteroatoms. The van der Waals surface area contributed by atoms with Gasteiger partial charge in [0.25, 0.3) is 0 Å². The van der Waals surface area contributed by atoms with Crippen LogP contribution in [0.2, 0.25) is 5.02 Å². The van der Waals surface area contributed by atoms with Crippen LogP contribution < -0.4 is 0 Å². The third kappa shape index (κ3) is 2.12. The van der Waals surface area contributed by atoms with Crippen molar-refractivity contribution >= 4 is 23.2 Å². The largest absolute Gasteiger partial charge is 0.481 e. The van der Waals surface area contributed by atoms with E-state index in [0.717, 1.165) is 5.56 Å². The number of aromatic nitrogens is 3. The molecular formula is C14H10ClN3O2. The molecule has 3 heterocycles. The summed E-state index contributed by atoms with van der Waals surface area (Å²) in [4.78, 5) is 19.6. The lowest BCUT2D eigenvalue weighted by Gasteiger charge is -2.02. The van der Waals surface area contributed by atoms with Crippen molar-refractivity contribution < 1.29 is 9.90 Å². The number of fused-ring (bicyclic) bond motifs is 1. The molecule has 1 N–H and O–H groups in total. The SMILES string of the molecule is O=C(O)Cc1c(-c2cccnc2)nc2c(Cl)cccn12. The summed E-state index contributed by atoms with van der Waals surface area (Å²) in [5.41, 5.74) is 2.49. The minimum absolute atomic E-state index is 0.133. The minimum atomic E-state index is -0.920. The van der Waals surface area contributed by atoms with Gasteiger partial charge in [-0.3, -0.25) is 9.78 Å². The highest BCUT2D eigenvalue weighted by Gasteiger charge is 2.17. The van der Waals surface area contributed by atoms with E-state index in [1.165, 1.54) is 0 Å². The van der Waals surface area contributed by atoms with Crippen molar-refractivity contribution in [1.29, 1.82) is 0 Å². The quantitative estimate of drug-likeness (QED) is 0.804. The fraction of sp³-hybridized carbons (Fsp3) is 0.0714. The number of nitrogens with zero attached hydrogens (tertiary/aromatic N) is 3. The van der Waals surface area contributed by atoms with Gasteiger partial charge in [0.2, 0.25) is 0 Å². The Hall–Kier alpha value is -2.40. The number of imidazole rings is 1. The first kappa shape index (κ1) is 12.6. The number of carbonyl (C=O) groups is 1. The van der Waals surface area contributed by atoms with Crippen molar-refractivity contribution in [3.63, 3.8) is 0 Å². The molecule has 0 aliphatic carbocycles. The van der Waals surface area contributed by atoms with Gasteiger partial charge in [-0.25, -0.2) is 4.98 Å². The Morgan fingerprint density at radius 2 is 2.20 bits per heavy atom. The smallest absolute Gasteiger partial charge is 0.309 e. The molecule has 0 unspecified atom stereocenters. The first-order valence-electron chi connectivity index (χ1n) is 5.94. The van der Waals surface area contributed by atoms with Crippen molar-refractivity contribution in [1.82, 2.24) is 14.4 Å². The third-order valence-electron chi connectivity index (χ3n) is 2.95. The molecule has 20 heavy (non-hydrogen) atoms. The maximum atomic E-state index is 11.1. The Labute approximate surface area is 119 Å². The van der Waals surface area contributed by atoms with E-state index in [2.05, 4.69) is 9.97 Å². The number of aliphatic carboxylic acids is 1. The monoisotopic (exact) mass is 287 g/mol. The number of pyridine rings is 2. The molecule has 0 saturated heterocycles. The van der Waals surface area contributed by atoms with E-state index in [4.69, 9.17) is 16.7 Å². The lowest BCUT2D eigenvalue weighted by Crippen LogP contribution is -2.04. The van der Waals surface area contributed by atoms with Gasteiger partial charge in [0.15, 0.2) is 5.65 Å². The zero-order chi connectivity index (χ0) is 14.1. The van der Waals surface area contributed by atoms with Gasteiger partial charge in [-0.1, -0.05) is 11.6 Å². The molecule has 0 amide bonds. The Balaban J connectivity index is 2.30. The van der Waals surface area contributed by atoms with E-state index in [1.54, 1.807) is 41.2 Å². The van der Waals surface area contributed by atoms with Gasteiger partial charge in [-0.15, -0.1) is 0 Å². The maximum absolute atomic E-state index is 11.1. The maximum Gasteiger partial charge on any atom is 0.309 e. The normalized spacial score (nSPS) is 10.8. The van der Waals surface area contributed by atoms with Crippen LogP contribution in [-0.4, -0.2) is 25.4 Å². The topological polar surface area (TPSA) is 67.5 Å².